The normalized spacial score (nSPS) is 25.2. The lowest BCUT2D eigenvalue weighted by atomic mass is 9.75. The highest BCUT2D eigenvalue weighted by molar-refractivity contribution is 5.80. The van der Waals surface area contributed by atoms with Crippen LogP contribution in [0.25, 0.3) is 11.5 Å². The number of rotatable bonds is 3. The van der Waals surface area contributed by atoms with Crippen molar-refractivity contribution in [3.63, 3.8) is 0 Å². The highest BCUT2D eigenvalue weighted by Gasteiger charge is 2.37. The smallest absolute Gasteiger partial charge is 0.250 e. The summed E-state index contributed by atoms with van der Waals surface area (Å²) in [6.45, 7) is 0. The van der Waals surface area contributed by atoms with Gasteiger partial charge >= 0.3 is 0 Å². The first-order valence-corrected chi connectivity index (χ1v) is 8.97. The molecule has 1 aliphatic heterocycles. The van der Waals surface area contributed by atoms with E-state index in [2.05, 4.69) is 15.5 Å². The highest BCUT2D eigenvalue weighted by atomic mass is 19.1. The van der Waals surface area contributed by atoms with Gasteiger partial charge in [0.15, 0.2) is 0 Å². The van der Waals surface area contributed by atoms with E-state index in [1.54, 1.807) is 0 Å². The molecule has 134 valence electrons. The monoisotopic (exact) mass is 354 g/mol. The van der Waals surface area contributed by atoms with Crippen LogP contribution in [0.1, 0.15) is 43.6 Å². The zero-order chi connectivity index (χ0) is 18.1. The molecular formula is C19H19FN4O2. The van der Waals surface area contributed by atoms with Gasteiger partial charge in [-0.1, -0.05) is 12.8 Å². The molecule has 4 rings (SSSR count). The van der Waals surface area contributed by atoms with Crippen molar-refractivity contribution in [1.29, 1.82) is 5.26 Å². The molecule has 1 saturated heterocycles. The third-order valence-corrected chi connectivity index (χ3v) is 5.41. The lowest BCUT2D eigenvalue weighted by molar-refractivity contribution is -0.130. The number of fused-ring (bicyclic) bond motifs is 1. The molecule has 1 aromatic heterocycles. The zero-order valence-corrected chi connectivity index (χ0v) is 14.2. The van der Waals surface area contributed by atoms with Gasteiger partial charge in [0, 0.05) is 18.4 Å². The topological polar surface area (TPSA) is 91.8 Å². The summed E-state index contributed by atoms with van der Waals surface area (Å²) in [4.78, 5) is 12.4. The predicted octanol–water partition coefficient (Wildman–Crippen LogP) is 2.98. The minimum atomic E-state index is -0.528. The van der Waals surface area contributed by atoms with Crippen molar-refractivity contribution >= 4 is 5.91 Å². The summed E-state index contributed by atoms with van der Waals surface area (Å²) >= 11 is 0. The van der Waals surface area contributed by atoms with Crippen LogP contribution in [0, 0.1) is 29.0 Å². The summed E-state index contributed by atoms with van der Waals surface area (Å²) < 4.78 is 19.6. The third kappa shape index (κ3) is 3.19. The summed E-state index contributed by atoms with van der Waals surface area (Å²) in [5, 5.41) is 20.0. The molecule has 1 saturated carbocycles. The van der Waals surface area contributed by atoms with E-state index in [-0.39, 0.29) is 23.3 Å². The van der Waals surface area contributed by atoms with E-state index in [0.717, 1.165) is 19.3 Å². The van der Waals surface area contributed by atoms with E-state index in [9.17, 15) is 9.18 Å². The Labute approximate surface area is 150 Å². The Morgan fingerprint density at radius 3 is 3.00 bits per heavy atom. The SMILES string of the molecule is N#Cc1ccc(F)c(-c2nnc(CC3CC4CCCCC4NC3=O)o2)c1. The number of halogens is 1. The number of amides is 1. The van der Waals surface area contributed by atoms with Crippen molar-refractivity contribution in [3.05, 3.63) is 35.5 Å². The minimum absolute atomic E-state index is 0.0290. The molecule has 0 bridgehead atoms. The van der Waals surface area contributed by atoms with E-state index in [4.69, 9.17) is 9.68 Å². The van der Waals surface area contributed by atoms with Gasteiger partial charge in [0.1, 0.15) is 5.82 Å². The molecule has 1 aliphatic carbocycles. The molecule has 0 radical (unpaired) electrons. The molecule has 1 aromatic carbocycles. The van der Waals surface area contributed by atoms with Crippen molar-refractivity contribution in [2.24, 2.45) is 11.8 Å². The number of aromatic nitrogens is 2. The molecule has 2 heterocycles. The number of carbonyl (C=O) groups excluding carboxylic acids is 1. The Kier molecular flexibility index (Phi) is 4.41. The van der Waals surface area contributed by atoms with Crippen LogP contribution < -0.4 is 5.32 Å². The second-order valence-electron chi connectivity index (χ2n) is 7.10. The van der Waals surface area contributed by atoms with Gasteiger partial charge in [-0.3, -0.25) is 4.79 Å². The molecule has 26 heavy (non-hydrogen) atoms. The van der Waals surface area contributed by atoms with E-state index < -0.39 is 5.82 Å². The van der Waals surface area contributed by atoms with Crippen molar-refractivity contribution in [1.82, 2.24) is 15.5 Å². The Bertz CT molecular complexity index is 873. The largest absolute Gasteiger partial charge is 0.421 e. The van der Waals surface area contributed by atoms with Crippen molar-refractivity contribution in [2.75, 3.05) is 0 Å². The fourth-order valence-corrected chi connectivity index (χ4v) is 4.04. The lowest BCUT2D eigenvalue weighted by Crippen LogP contribution is -2.51. The van der Waals surface area contributed by atoms with Gasteiger partial charge in [-0.2, -0.15) is 5.26 Å². The first-order chi connectivity index (χ1) is 12.6. The molecule has 3 unspecified atom stereocenters. The summed E-state index contributed by atoms with van der Waals surface area (Å²) in [6.07, 6.45) is 5.76. The van der Waals surface area contributed by atoms with Crippen LogP contribution in [0.2, 0.25) is 0 Å². The Morgan fingerprint density at radius 2 is 2.15 bits per heavy atom. The van der Waals surface area contributed by atoms with Crippen LogP contribution in [0.3, 0.4) is 0 Å². The van der Waals surface area contributed by atoms with E-state index in [0.29, 0.717) is 29.8 Å². The standard InChI is InChI=1S/C19H19FN4O2/c20-15-6-5-11(10-21)7-14(15)19-24-23-17(26-19)9-13-8-12-3-1-2-4-16(12)22-18(13)25/h5-7,12-13,16H,1-4,8-9H2,(H,22,25). The summed E-state index contributed by atoms with van der Waals surface area (Å²) in [5.41, 5.74) is 0.416. The molecule has 2 aromatic rings. The Hall–Kier alpha value is -2.75. The fraction of sp³-hybridized carbons (Fsp3) is 0.474. The van der Waals surface area contributed by atoms with Crippen molar-refractivity contribution in [2.45, 2.75) is 44.6 Å². The number of piperidine rings is 1. The minimum Gasteiger partial charge on any atom is -0.421 e. The Morgan fingerprint density at radius 1 is 1.31 bits per heavy atom. The van der Waals surface area contributed by atoms with Crippen LogP contribution in [0.5, 0.6) is 0 Å². The molecule has 1 amide bonds. The second kappa shape index (κ2) is 6.87. The predicted molar refractivity (Wildman–Crippen MR) is 90.1 cm³/mol. The number of carbonyl (C=O) groups is 1. The first-order valence-electron chi connectivity index (χ1n) is 8.97. The van der Waals surface area contributed by atoms with Crippen LogP contribution in [0.4, 0.5) is 4.39 Å². The number of benzene rings is 1. The number of hydrogen-bond donors (Lipinski definition) is 1. The van der Waals surface area contributed by atoms with E-state index >= 15 is 0 Å². The van der Waals surface area contributed by atoms with Crippen molar-refractivity contribution in [3.8, 4) is 17.5 Å². The number of hydrogen-bond acceptors (Lipinski definition) is 5. The maximum absolute atomic E-state index is 14.0. The van der Waals surface area contributed by atoms with Gasteiger partial charge in [0.05, 0.1) is 17.2 Å². The van der Waals surface area contributed by atoms with E-state index in [1.807, 2.05) is 6.07 Å². The van der Waals surface area contributed by atoms with Gasteiger partial charge in [-0.05, 0) is 43.4 Å². The Balaban J connectivity index is 1.50. The summed E-state index contributed by atoms with van der Waals surface area (Å²) in [7, 11) is 0. The molecule has 1 N–H and O–H groups in total. The van der Waals surface area contributed by atoms with Gasteiger partial charge in [0.2, 0.25) is 11.8 Å². The van der Waals surface area contributed by atoms with Gasteiger partial charge in [-0.25, -0.2) is 4.39 Å². The maximum Gasteiger partial charge on any atom is 0.250 e. The van der Waals surface area contributed by atoms with Crippen LogP contribution >= 0.6 is 0 Å². The maximum atomic E-state index is 14.0. The average Bonchev–Trinajstić information content (AvgIpc) is 3.11. The molecule has 6 nitrogen and oxygen atoms in total. The number of nitriles is 1. The molecule has 0 spiro atoms. The third-order valence-electron chi connectivity index (χ3n) is 5.41. The molecular weight excluding hydrogens is 335 g/mol. The number of nitrogens with zero attached hydrogens (tertiary/aromatic N) is 3. The van der Waals surface area contributed by atoms with Gasteiger partial charge in [-0.15, -0.1) is 10.2 Å². The second-order valence-corrected chi connectivity index (χ2v) is 7.10. The zero-order valence-electron chi connectivity index (χ0n) is 14.2. The fourth-order valence-electron chi connectivity index (χ4n) is 4.04. The van der Waals surface area contributed by atoms with Crippen LogP contribution in [-0.2, 0) is 11.2 Å². The van der Waals surface area contributed by atoms with Crippen LogP contribution in [-0.4, -0.2) is 22.1 Å². The lowest BCUT2D eigenvalue weighted by Gasteiger charge is -2.39. The molecule has 2 aliphatic rings. The van der Waals surface area contributed by atoms with E-state index in [1.165, 1.54) is 31.0 Å². The molecule has 7 heteroatoms. The first kappa shape index (κ1) is 16.7. The summed E-state index contributed by atoms with van der Waals surface area (Å²) in [6, 6.07) is 6.24. The van der Waals surface area contributed by atoms with Crippen molar-refractivity contribution < 1.29 is 13.6 Å². The molecule has 2 fully saturated rings. The quantitative estimate of drug-likeness (QED) is 0.915. The molecule has 3 atom stereocenters. The summed E-state index contributed by atoms with van der Waals surface area (Å²) in [5.74, 6) is 0.166. The van der Waals surface area contributed by atoms with Gasteiger partial charge < -0.3 is 9.73 Å². The highest BCUT2D eigenvalue weighted by Crippen LogP contribution is 2.34. The number of nitrogens with one attached hydrogen (secondary N) is 1. The van der Waals surface area contributed by atoms with Gasteiger partial charge in [0.25, 0.3) is 5.89 Å². The van der Waals surface area contributed by atoms with Crippen LogP contribution in [0.15, 0.2) is 22.6 Å². The average molecular weight is 354 g/mol.